The molecular weight excluding hydrogens is 214 g/mol. The molecule has 1 amide bonds. The summed E-state index contributed by atoms with van der Waals surface area (Å²) in [7, 11) is 1.81. The summed E-state index contributed by atoms with van der Waals surface area (Å²) in [4.78, 5) is 13.8. The Bertz CT molecular complexity index is 464. The highest BCUT2D eigenvalue weighted by Crippen LogP contribution is 2.24. The standard InChI is InChI=1S/C13H15N3O/c1-16-12-8-3-2-6-10(12)15-11(13(16)17)7-4-5-9-14/h2-3,6,8,11,15H,4-5,7H2,1H3/p+1/t11-/m0/s1. The van der Waals surface area contributed by atoms with Gasteiger partial charge in [0.1, 0.15) is 5.69 Å². The lowest BCUT2D eigenvalue weighted by molar-refractivity contribution is -0.598. The van der Waals surface area contributed by atoms with Crippen LogP contribution in [0.1, 0.15) is 19.3 Å². The maximum atomic E-state index is 12.1. The Morgan fingerprint density at radius 2 is 2.24 bits per heavy atom. The van der Waals surface area contributed by atoms with E-state index < -0.39 is 0 Å². The zero-order chi connectivity index (χ0) is 12.3. The molecule has 0 aromatic heterocycles. The fourth-order valence-electron chi connectivity index (χ4n) is 2.20. The summed E-state index contributed by atoms with van der Waals surface area (Å²) in [6.45, 7) is 0. The maximum absolute atomic E-state index is 12.1. The summed E-state index contributed by atoms with van der Waals surface area (Å²) in [6.07, 6.45) is 2.05. The molecule has 4 nitrogen and oxygen atoms in total. The number of fused-ring (bicyclic) bond motifs is 1. The molecule has 1 heterocycles. The van der Waals surface area contributed by atoms with Crippen LogP contribution in [0.2, 0.25) is 0 Å². The van der Waals surface area contributed by atoms with E-state index in [9.17, 15) is 4.79 Å². The Kier molecular flexibility index (Phi) is 3.40. The Morgan fingerprint density at radius 3 is 3.00 bits per heavy atom. The lowest BCUT2D eigenvalue weighted by Gasteiger charge is -2.28. The first-order chi connectivity index (χ1) is 8.24. The van der Waals surface area contributed by atoms with Gasteiger partial charge >= 0.3 is 0 Å². The van der Waals surface area contributed by atoms with E-state index in [1.807, 2.05) is 36.6 Å². The highest BCUT2D eigenvalue weighted by atomic mass is 16.2. The lowest BCUT2D eigenvalue weighted by Crippen LogP contribution is -2.89. The second kappa shape index (κ2) is 4.98. The van der Waals surface area contributed by atoms with E-state index in [4.69, 9.17) is 5.26 Å². The van der Waals surface area contributed by atoms with Crippen molar-refractivity contribution in [2.45, 2.75) is 25.3 Å². The van der Waals surface area contributed by atoms with Crippen molar-refractivity contribution in [1.29, 1.82) is 5.26 Å². The molecule has 0 saturated heterocycles. The molecule has 0 radical (unpaired) electrons. The van der Waals surface area contributed by atoms with Crippen molar-refractivity contribution in [2.75, 3.05) is 11.9 Å². The summed E-state index contributed by atoms with van der Waals surface area (Å²) in [5.74, 6) is 0.127. The average molecular weight is 230 g/mol. The van der Waals surface area contributed by atoms with Crippen LogP contribution in [-0.4, -0.2) is 19.0 Å². The number of nitrogens with two attached hydrogens (primary N) is 1. The number of nitriles is 1. The second-order valence-corrected chi connectivity index (χ2v) is 4.28. The molecule has 0 aliphatic carbocycles. The third-order valence-electron chi connectivity index (χ3n) is 3.13. The van der Waals surface area contributed by atoms with Crippen LogP contribution in [0.15, 0.2) is 24.3 Å². The number of unbranched alkanes of at least 4 members (excludes halogenated alkanes) is 1. The lowest BCUT2D eigenvalue weighted by atomic mass is 10.0. The Labute approximate surface area is 101 Å². The van der Waals surface area contributed by atoms with Crippen LogP contribution in [0.5, 0.6) is 0 Å². The van der Waals surface area contributed by atoms with E-state index in [1.165, 1.54) is 0 Å². The number of rotatable bonds is 3. The predicted molar refractivity (Wildman–Crippen MR) is 64.7 cm³/mol. The number of carbonyl (C=O) groups excluding carboxylic acids is 1. The van der Waals surface area contributed by atoms with Crippen LogP contribution in [0.3, 0.4) is 0 Å². The molecule has 1 aromatic rings. The fraction of sp³-hybridized carbons (Fsp3) is 0.385. The van der Waals surface area contributed by atoms with Crippen molar-refractivity contribution in [3.8, 4) is 6.07 Å². The van der Waals surface area contributed by atoms with E-state index in [-0.39, 0.29) is 11.9 Å². The summed E-state index contributed by atoms with van der Waals surface area (Å²) in [6, 6.07) is 9.92. The van der Waals surface area contributed by atoms with Gasteiger partial charge in [-0.2, -0.15) is 5.26 Å². The summed E-state index contributed by atoms with van der Waals surface area (Å²) >= 11 is 0. The monoisotopic (exact) mass is 230 g/mol. The van der Waals surface area contributed by atoms with Crippen molar-refractivity contribution in [3.63, 3.8) is 0 Å². The summed E-state index contributed by atoms with van der Waals surface area (Å²) < 4.78 is 0. The van der Waals surface area contributed by atoms with Crippen molar-refractivity contribution in [3.05, 3.63) is 24.3 Å². The highest BCUT2D eigenvalue weighted by molar-refractivity contribution is 5.99. The molecule has 1 aliphatic rings. The number of amides is 1. The summed E-state index contributed by atoms with van der Waals surface area (Å²) in [5.41, 5.74) is 2.07. The molecule has 2 N–H and O–H groups in total. The van der Waals surface area contributed by atoms with E-state index in [1.54, 1.807) is 4.90 Å². The molecule has 1 aromatic carbocycles. The molecule has 17 heavy (non-hydrogen) atoms. The van der Waals surface area contributed by atoms with Crippen LogP contribution in [0.25, 0.3) is 0 Å². The van der Waals surface area contributed by atoms with Gasteiger partial charge in [0, 0.05) is 26.0 Å². The number of hydrogen-bond donors (Lipinski definition) is 1. The van der Waals surface area contributed by atoms with Gasteiger partial charge in [-0.25, -0.2) is 0 Å². The Balaban J connectivity index is 2.14. The smallest absolute Gasteiger partial charge is 0.285 e. The minimum atomic E-state index is -0.0803. The van der Waals surface area contributed by atoms with Gasteiger partial charge in [0.25, 0.3) is 5.91 Å². The average Bonchev–Trinajstić information content (AvgIpc) is 2.35. The number of nitrogens with zero attached hydrogens (tertiary/aromatic N) is 2. The van der Waals surface area contributed by atoms with Crippen LogP contribution in [-0.2, 0) is 4.79 Å². The van der Waals surface area contributed by atoms with Crippen molar-refractivity contribution < 1.29 is 10.1 Å². The van der Waals surface area contributed by atoms with Crippen LogP contribution >= 0.6 is 0 Å². The van der Waals surface area contributed by atoms with Crippen LogP contribution in [0, 0.1) is 11.3 Å². The van der Waals surface area contributed by atoms with Crippen LogP contribution in [0.4, 0.5) is 11.4 Å². The molecule has 2 rings (SSSR count). The largest absolute Gasteiger partial charge is 0.305 e. The number of para-hydroxylation sites is 2. The third kappa shape index (κ3) is 2.29. The molecule has 4 heteroatoms. The Morgan fingerprint density at radius 1 is 1.47 bits per heavy atom. The Hall–Kier alpha value is -1.86. The molecule has 1 aliphatic heterocycles. The first-order valence-electron chi connectivity index (χ1n) is 5.82. The minimum absolute atomic E-state index is 0.0803. The zero-order valence-electron chi connectivity index (χ0n) is 9.89. The molecule has 0 saturated carbocycles. The van der Waals surface area contributed by atoms with E-state index in [2.05, 4.69) is 6.07 Å². The first-order valence-corrected chi connectivity index (χ1v) is 5.82. The quantitative estimate of drug-likeness (QED) is 0.620. The number of quaternary nitrogens is 1. The second-order valence-electron chi connectivity index (χ2n) is 4.28. The van der Waals surface area contributed by atoms with Crippen molar-refractivity contribution >= 4 is 17.3 Å². The molecule has 0 spiro atoms. The van der Waals surface area contributed by atoms with Gasteiger partial charge in [-0.05, 0) is 12.5 Å². The zero-order valence-corrected chi connectivity index (χ0v) is 9.89. The predicted octanol–water partition coefficient (Wildman–Crippen LogP) is 0.920. The number of likely N-dealkylation sites (N-methyl/N-ethyl adjacent to an activating group) is 1. The number of anilines is 1. The SMILES string of the molecule is CN1C(=O)[C@H](CCCC#N)[NH2+]c2ccccc21. The molecule has 0 bridgehead atoms. The van der Waals surface area contributed by atoms with Crippen LogP contribution < -0.4 is 10.2 Å². The van der Waals surface area contributed by atoms with Gasteiger partial charge in [-0.3, -0.25) is 4.79 Å². The molecule has 0 unspecified atom stereocenters. The molecular formula is C13H16N3O+. The van der Waals surface area contributed by atoms with Gasteiger partial charge < -0.3 is 10.2 Å². The van der Waals surface area contributed by atoms with E-state index in [0.717, 1.165) is 24.2 Å². The topological polar surface area (TPSA) is 60.7 Å². The van der Waals surface area contributed by atoms with Gasteiger partial charge in [0.05, 0.1) is 6.07 Å². The van der Waals surface area contributed by atoms with Gasteiger partial charge in [0.2, 0.25) is 0 Å². The molecule has 0 fully saturated rings. The van der Waals surface area contributed by atoms with Crippen molar-refractivity contribution in [2.24, 2.45) is 0 Å². The van der Waals surface area contributed by atoms with Gasteiger partial charge in [-0.1, -0.05) is 12.1 Å². The summed E-state index contributed by atoms with van der Waals surface area (Å²) in [5, 5.41) is 10.5. The highest BCUT2D eigenvalue weighted by Gasteiger charge is 2.33. The number of carbonyl (C=O) groups is 1. The maximum Gasteiger partial charge on any atom is 0.285 e. The number of hydrogen-bond acceptors (Lipinski definition) is 2. The fourth-order valence-corrected chi connectivity index (χ4v) is 2.20. The van der Waals surface area contributed by atoms with Gasteiger partial charge in [-0.15, -0.1) is 0 Å². The van der Waals surface area contributed by atoms with E-state index in [0.29, 0.717) is 6.42 Å². The molecule has 88 valence electrons. The minimum Gasteiger partial charge on any atom is -0.305 e. The van der Waals surface area contributed by atoms with E-state index >= 15 is 0 Å². The number of benzene rings is 1. The third-order valence-corrected chi connectivity index (χ3v) is 3.13. The van der Waals surface area contributed by atoms with Crippen molar-refractivity contribution in [1.82, 2.24) is 0 Å². The normalized spacial score (nSPS) is 18.7. The van der Waals surface area contributed by atoms with Gasteiger partial charge in [0.15, 0.2) is 11.7 Å². The first kappa shape index (κ1) is 11.6. The molecule has 1 atom stereocenters.